The highest BCUT2D eigenvalue weighted by Gasteiger charge is 2.16. The quantitative estimate of drug-likeness (QED) is 0.167. The van der Waals surface area contributed by atoms with E-state index in [1.54, 1.807) is 20.8 Å². The molecule has 20 heavy (non-hydrogen) atoms. The highest BCUT2D eigenvalue weighted by atomic mass is 17.5. The van der Waals surface area contributed by atoms with Gasteiger partial charge in [0.15, 0.2) is 0 Å². The van der Waals surface area contributed by atoms with E-state index in [0.717, 1.165) is 6.08 Å². The van der Waals surface area contributed by atoms with E-state index in [1.807, 2.05) is 0 Å². The topological polar surface area (TPSA) is 89.5 Å². The van der Waals surface area contributed by atoms with Crippen molar-refractivity contribution in [3.05, 3.63) is 12.7 Å². The van der Waals surface area contributed by atoms with Gasteiger partial charge in [-0.15, -0.1) is 0 Å². The Bertz CT molecular complexity index is 320. The van der Waals surface area contributed by atoms with Gasteiger partial charge < -0.3 is 14.2 Å². The Labute approximate surface area is 117 Å². The first kappa shape index (κ1) is 18.4. The molecule has 0 aliphatic carbocycles. The molecule has 0 saturated heterocycles. The summed E-state index contributed by atoms with van der Waals surface area (Å²) in [4.78, 5) is 30.7. The average molecular weight is 292 g/mol. The van der Waals surface area contributed by atoms with Crippen molar-refractivity contribution in [1.82, 2.24) is 0 Å². The van der Waals surface area contributed by atoms with Gasteiger partial charge in [0.2, 0.25) is 6.29 Å². The summed E-state index contributed by atoms with van der Waals surface area (Å²) in [7, 11) is 0. The van der Waals surface area contributed by atoms with Crippen LogP contribution >= 0.6 is 0 Å². The molecule has 0 fully saturated rings. The third kappa shape index (κ3) is 11.5. The van der Waals surface area contributed by atoms with E-state index in [0.29, 0.717) is 0 Å². The summed E-state index contributed by atoms with van der Waals surface area (Å²) < 4.78 is 14.3. The smallest absolute Gasteiger partial charge is 0.460 e. The van der Waals surface area contributed by atoms with Gasteiger partial charge in [-0.2, -0.15) is 4.89 Å². The molecule has 1 atom stereocenters. The second kappa shape index (κ2) is 9.29. The maximum absolute atomic E-state index is 11.1. The molecule has 8 nitrogen and oxygen atoms in total. The molecule has 0 bridgehead atoms. The zero-order valence-corrected chi connectivity index (χ0v) is 12.0. The van der Waals surface area contributed by atoms with Crippen molar-refractivity contribution in [1.29, 1.82) is 0 Å². The van der Waals surface area contributed by atoms with Gasteiger partial charge in [-0.25, -0.2) is 14.5 Å². The average Bonchev–Trinajstić information content (AvgIpc) is 2.32. The van der Waals surface area contributed by atoms with Crippen molar-refractivity contribution in [3.8, 4) is 0 Å². The van der Waals surface area contributed by atoms with Crippen LogP contribution in [0.5, 0.6) is 0 Å². The van der Waals surface area contributed by atoms with E-state index in [1.165, 1.54) is 6.92 Å². The van der Waals surface area contributed by atoms with E-state index in [4.69, 9.17) is 4.74 Å². The first-order valence-corrected chi connectivity index (χ1v) is 5.88. The van der Waals surface area contributed by atoms with E-state index in [2.05, 4.69) is 30.9 Å². The van der Waals surface area contributed by atoms with Crippen LogP contribution in [0.3, 0.4) is 0 Å². The highest BCUT2D eigenvalue weighted by molar-refractivity contribution is 5.81. The first-order chi connectivity index (χ1) is 9.24. The Morgan fingerprint density at radius 1 is 1.25 bits per heavy atom. The zero-order valence-electron chi connectivity index (χ0n) is 12.0. The normalized spacial score (nSPS) is 12.4. The van der Waals surface area contributed by atoms with Crippen molar-refractivity contribution in [3.63, 3.8) is 0 Å². The van der Waals surface area contributed by atoms with Gasteiger partial charge in [-0.1, -0.05) is 6.58 Å². The number of hydrogen-bond acceptors (Lipinski definition) is 8. The molecule has 0 aliphatic rings. The standard InChI is InChI=1S/C12H20O8/c1-6-10(13)16-8-7-15-9(2)17-11(14)18-20-19-12(3,4)5/h6,9H,1,7-8H2,2-5H3. The van der Waals surface area contributed by atoms with Crippen molar-refractivity contribution < 1.29 is 38.6 Å². The predicted octanol–water partition coefficient (Wildman–Crippen LogP) is 1.89. The first-order valence-electron chi connectivity index (χ1n) is 5.88. The number of carbonyl (C=O) groups is 2. The van der Waals surface area contributed by atoms with Crippen molar-refractivity contribution in [2.75, 3.05) is 13.2 Å². The number of ether oxygens (including phenoxy) is 3. The fourth-order valence-corrected chi connectivity index (χ4v) is 0.751. The van der Waals surface area contributed by atoms with E-state index in [-0.39, 0.29) is 13.2 Å². The van der Waals surface area contributed by atoms with E-state index >= 15 is 0 Å². The molecule has 8 heteroatoms. The number of rotatable bonds is 8. The molecular weight excluding hydrogens is 272 g/mol. The lowest BCUT2D eigenvalue weighted by molar-refractivity contribution is -0.515. The van der Waals surface area contributed by atoms with Gasteiger partial charge in [0.1, 0.15) is 6.61 Å². The molecule has 0 radical (unpaired) electrons. The highest BCUT2D eigenvalue weighted by Crippen LogP contribution is 2.07. The molecule has 0 rings (SSSR count). The summed E-state index contributed by atoms with van der Waals surface area (Å²) in [5.41, 5.74) is -0.628. The zero-order chi connectivity index (χ0) is 15.6. The van der Waals surface area contributed by atoms with Crippen LogP contribution in [0, 0.1) is 0 Å². The Morgan fingerprint density at radius 3 is 2.45 bits per heavy atom. The van der Waals surface area contributed by atoms with Crippen molar-refractivity contribution >= 4 is 12.1 Å². The van der Waals surface area contributed by atoms with Crippen molar-refractivity contribution in [2.24, 2.45) is 0 Å². The molecule has 0 aromatic heterocycles. The summed E-state index contributed by atoms with van der Waals surface area (Å²) in [6.07, 6.45) is -0.989. The third-order valence-electron chi connectivity index (χ3n) is 1.50. The van der Waals surface area contributed by atoms with Crippen LogP contribution in [0.15, 0.2) is 12.7 Å². The molecule has 0 aromatic carbocycles. The molecule has 1 unspecified atom stereocenters. The molecule has 0 aromatic rings. The van der Waals surface area contributed by atoms with Crippen LogP contribution in [0.4, 0.5) is 4.79 Å². The van der Waals surface area contributed by atoms with Crippen LogP contribution in [0.1, 0.15) is 27.7 Å². The van der Waals surface area contributed by atoms with Gasteiger partial charge in [0.25, 0.3) is 0 Å². The maximum Gasteiger partial charge on any atom is 0.544 e. The Morgan fingerprint density at radius 2 is 1.90 bits per heavy atom. The Hall–Kier alpha value is -1.64. The minimum atomic E-state index is -1.12. The molecule has 116 valence electrons. The van der Waals surface area contributed by atoms with E-state index in [9.17, 15) is 9.59 Å². The lowest BCUT2D eigenvalue weighted by Crippen LogP contribution is -2.24. The SMILES string of the molecule is C=CC(=O)OCCOC(C)OC(=O)OOOC(C)(C)C. The summed E-state index contributed by atoms with van der Waals surface area (Å²) in [6.45, 7) is 9.87. The Kier molecular flexibility index (Phi) is 8.53. The van der Waals surface area contributed by atoms with Gasteiger partial charge in [0.05, 0.1) is 12.2 Å². The summed E-state index contributed by atoms with van der Waals surface area (Å²) in [5.74, 6) is -0.561. The van der Waals surface area contributed by atoms with Crippen LogP contribution in [0.2, 0.25) is 0 Å². The lowest BCUT2D eigenvalue weighted by atomic mass is 10.2. The largest absolute Gasteiger partial charge is 0.544 e. The molecule has 0 aliphatic heterocycles. The van der Waals surface area contributed by atoms with Crippen LogP contribution in [0.25, 0.3) is 0 Å². The third-order valence-corrected chi connectivity index (χ3v) is 1.50. The predicted molar refractivity (Wildman–Crippen MR) is 66.1 cm³/mol. The van der Waals surface area contributed by atoms with E-state index < -0.39 is 24.0 Å². The molecule has 0 saturated carbocycles. The Balaban J connectivity index is 3.64. The summed E-state index contributed by atoms with van der Waals surface area (Å²) >= 11 is 0. The fourth-order valence-electron chi connectivity index (χ4n) is 0.751. The number of hydrogen-bond donors (Lipinski definition) is 0. The fraction of sp³-hybridized carbons (Fsp3) is 0.667. The second-order valence-electron chi connectivity index (χ2n) is 4.52. The monoisotopic (exact) mass is 292 g/mol. The van der Waals surface area contributed by atoms with Gasteiger partial charge in [-0.05, 0) is 32.7 Å². The minimum absolute atomic E-state index is 0.0111. The molecule has 0 spiro atoms. The van der Waals surface area contributed by atoms with Crippen molar-refractivity contribution in [2.45, 2.75) is 39.6 Å². The summed E-state index contributed by atoms with van der Waals surface area (Å²) in [6, 6.07) is 0. The number of carbonyl (C=O) groups excluding carboxylic acids is 2. The second-order valence-corrected chi connectivity index (χ2v) is 4.52. The molecular formula is C12H20O8. The lowest BCUT2D eigenvalue weighted by Gasteiger charge is -2.16. The number of esters is 1. The van der Waals surface area contributed by atoms with Crippen LogP contribution in [-0.4, -0.2) is 37.2 Å². The van der Waals surface area contributed by atoms with Gasteiger partial charge >= 0.3 is 12.1 Å². The molecule has 0 N–H and O–H groups in total. The van der Waals surface area contributed by atoms with Gasteiger partial charge in [-0.3, -0.25) is 0 Å². The summed E-state index contributed by atoms with van der Waals surface area (Å²) in [5, 5.41) is 4.22. The van der Waals surface area contributed by atoms with Gasteiger partial charge in [0, 0.05) is 6.08 Å². The van der Waals surface area contributed by atoms with Crippen LogP contribution < -0.4 is 0 Å². The van der Waals surface area contributed by atoms with Crippen LogP contribution in [-0.2, 0) is 33.8 Å². The molecule has 0 heterocycles. The maximum atomic E-state index is 11.1. The molecule has 0 amide bonds. The minimum Gasteiger partial charge on any atom is -0.460 e.